The number of aryl methyl sites for hydroxylation is 1. The normalized spacial score (nSPS) is 15.6. The maximum atomic E-state index is 13.2. The monoisotopic (exact) mass is 571 g/mol. The van der Waals surface area contributed by atoms with Gasteiger partial charge in [0.1, 0.15) is 22.9 Å². The molecule has 1 aliphatic rings. The van der Waals surface area contributed by atoms with Gasteiger partial charge in [-0.3, -0.25) is 14.0 Å². The first-order valence-corrected chi connectivity index (χ1v) is 14.8. The number of nitrogens with zero attached hydrogens (tertiary/aromatic N) is 5. The fourth-order valence-corrected chi connectivity index (χ4v) is 6.31. The first-order chi connectivity index (χ1) is 19.6. The van der Waals surface area contributed by atoms with Gasteiger partial charge in [0, 0.05) is 42.6 Å². The Labute approximate surface area is 244 Å². The number of rotatable bonds is 8. The predicted octanol–water partition coefficient (Wildman–Crippen LogP) is 5.51. The van der Waals surface area contributed by atoms with Crippen LogP contribution in [0.4, 0.5) is 11.5 Å². The highest BCUT2D eigenvalue weighted by Crippen LogP contribution is 2.38. The highest BCUT2D eigenvalue weighted by Gasteiger charge is 2.33. The minimum absolute atomic E-state index is 0.0265. The molecule has 1 saturated heterocycles. The Kier molecular flexibility index (Phi) is 8.23. The van der Waals surface area contributed by atoms with Crippen LogP contribution in [0.5, 0.6) is 0 Å². The SMILES string of the molecule is Cc1cc(NC(=O)c2csc(-c3nc([C@@H]4CCCN4C(=O)/C=C/CN(C)C)n4ccnc(N)c34)c2)ccc1C(C)C. The van der Waals surface area contributed by atoms with Gasteiger partial charge in [-0.05, 0) is 69.1 Å². The molecule has 3 aromatic heterocycles. The molecule has 2 amide bonds. The van der Waals surface area contributed by atoms with Crippen LogP contribution < -0.4 is 11.1 Å². The van der Waals surface area contributed by atoms with E-state index in [2.05, 4.69) is 37.1 Å². The van der Waals surface area contributed by atoms with E-state index in [4.69, 9.17) is 10.7 Å². The van der Waals surface area contributed by atoms with E-state index in [0.29, 0.717) is 41.6 Å². The summed E-state index contributed by atoms with van der Waals surface area (Å²) in [5.74, 6) is 1.31. The number of nitrogens with two attached hydrogens (primary N) is 1. The lowest BCUT2D eigenvalue weighted by atomic mass is 9.97. The molecule has 0 saturated carbocycles. The molecule has 4 heterocycles. The maximum Gasteiger partial charge on any atom is 0.256 e. The van der Waals surface area contributed by atoms with Crippen LogP contribution in [0.25, 0.3) is 16.1 Å². The number of amides is 2. The van der Waals surface area contributed by atoms with E-state index in [1.54, 1.807) is 12.3 Å². The molecule has 1 aromatic carbocycles. The van der Waals surface area contributed by atoms with Crippen LogP contribution in [0.2, 0.25) is 0 Å². The highest BCUT2D eigenvalue weighted by atomic mass is 32.1. The fourth-order valence-electron chi connectivity index (χ4n) is 5.44. The van der Waals surface area contributed by atoms with E-state index in [9.17, 15) is 9.59 Å². The van der Waals surface area contributed by atoms with Gasteiger partial charge < -0.3 is 20.9 Å². The van der Waals surface area contributed by atoms with E-state index in [0.717, 1.165) is 34.8 Å². The van der Waals surface area contributed by atoms with Crippen LogP contribution >= 0.6 is 11.3 Å². The van der Waals surface area contributed by atoms with E-state index in [1.165, 1.54) is 16.9 Å². The molecule has 0 unspecified atom stereocenters. The molecule has 3 N–H and O–H groups in total. The van der Waals surface area contributed by atoms with Crippen LogP contribution in [-0.4, -0.2) is 63.2 Å². The molecule has 5 rings (SSSR count). The molecule has 1 fully saturated rings. The number of thiophene rings is 1. The zero-order chi connectivity index (χ0) is 29.3. The van der Waals surface area contributed by atoms with Crippen LogP contribution in [0, 0.1) is 6.92 Å². The Morgan fingerprint density at radius 3 is 2.80 bits per heavy atom. The minimum Gasteiger partial charge on any atom is -0.382 e. The van der Waals surface area contributed by atoms with Gasteiger partial charge in [0.25, 0.3) is 5.91 Å². The van der Waals surface area contributed by atoms with Crippen molar-refractivity contribution in [2.75, 3.05) is 38.2 Å². The highest BCUT2D eigenvalue weighted by molar-refractivity contribution is 7.14. The number of nitrogen functional groups attached to an aromatic ring is 1. The van der Waals surface area contributed by atoms with Crippen LogP contribution in [0.1, 0.15) is 66.0 Å². The Morgan fingerprint density at radius 2 is 2.07 bits per heavy atom. The Morgan fingerprint density at radius 1 is 1.27 bits per heavy atom. The molecule has 1 atom stereocenters. The summed E-state index contributed by atoms with van der Waals surface area (Å²) in [6.45, 7) is 7.74. The molecular formula is C31H37N7O2S. The molecule has 1 aliphatic heterocycles. The van der Waals surface area contributed by atoms with E-state index in [1.807, 2.05) is 64.1 Å². The first kappa shape index (κ1) is 28.5. The van der Waals surface area contributed by atoms with E-state index >= 15 is 0 Å². The van der Waals surface area contributed by atoms with Crippen LogP contribution in [-0.2, 0) is 4.79 Å². The Balaban J connectivity index is 1.44. The Hall–Kier alpha value is -4.02. The second-order valence-corrected chi connectivity index (χ2v) is 12.0. The molecule has 41 heavy (non-hydrogen) atoms. The van der Waals surface area contributed by atoms with Gasteiger partial charge in [0.15, 0.2) is 0 Å². The number of carbonyl (C=O) groups is 2. The van der Waals surface area contributed by atoms with Crippen LogP contribution in [0.15, 0.2) is 54.2 Å². The molecule has 214 valence electrons. The third-order valence-corrected chi connectivity index (χ3v) is 8.36. The number of likely N-dealkylation sites (tertiary alicyclic amines) is 1. The van der Waals surface area contributed by atoms with Gasteiger partial charge in [0.2, 0.25) is 5.91 Å². The first-order valence-electron chi connectivity index (χ1n) is 13.9. The lowest BCUT2D eigenvalue weighted by Gasteiger charge is -2.22. The molecular weight excluding hydrogens is 534 g/mol. The van der Waals surface area contributed by atoms with Crippen molar-refractivity contribution in [1.82, 2.24) is 24.2 Å². The summed E-state index contributed by atoms with van der Waals surface area (Å²) in [5, 5.41) is 4.85. The number of anilines is 2. The number of benzene rings is 1. The van der Waals surface area contributed by atoms with Crippen molar-refractivity contribution >= 4 is 40.2 Å². The number of fused-ring (bicyclic) bond motifs is 1. The predicted molar refractivity (Wildman–Crippen MR) is 165 cm³/mol. The second kappa shape index (κ2) is 11.8. The Bertz CT molecular complexity index is 1620. The van der Waals surface area contributed by atoms with Gasteiger partial charge in [-0.15, -0.1) is 11.3 Å². The number of hydrogen-bond acceptors (Lipinski definition) is 7. The van der Waals surface area contributed by atoms with Crippen molar-refractivity contribution in [2.45, 2.75) is 45.6 Å². The van der Waals surface area contributed by atoms with Crippen molar-refractivity contribution in [3.05, 3.63) is 76.7 Å². The maximum absolute atomic E-state index is 13.2. The molecule has 9 nitrogen and oxygen atoms in total. The van der Waals surface area contributed by atoms with Gasteiger partial charge in [-0.1, -0.05) is 26.0 Å². The summed E-state index contributed by atoms with van der Waals surface area (Å²) in [7, 11) is 3.93. The topological polar surface area (TPSA) is 109 Å². The number of imidazole rings is 1. The lowest BCUT2D eigenvalue weighted by molar-refractivity contribution is -0.127. The summed E-state index contributed by atoms with van der Waals surface area (Å²) in [6.07, 6.45) is 8.71. The quantitative estimate of drug-likeness (QED) is 0.270. The van der Waals surface area contributed by atoms with Gasteiger partial charge in [0.05, 0.1) is 16.5 Å². The number of carbonyl (C=O) groups excluding carboxylic acids is 2. The minimum atomic E-state index is -0.186. The molecule has 0 bridgehead atoms. The van der Waals surface area contributed by atoms with Crippen molar-refractivity contribution in [2.24, 2.45) is 0 Å². The number of nitrogens with one attached hydrogen (secondary N) is 1. The van der Waals surface area contributed by atoms with Crippen molar-refractivity contribution in [1.29, 1.82) is 0 Å². The third kappa shape index (κ3) is 5.89. The third-order valence-electron chi connectivity index (χ3n) is 7.42. The zero-order valence-corrected chi connectivity index (χ0v) is 25.0. The zero-order valence-electron chi connectivity index (χ0n) is 24.2. The van der Waals surface area contributed by atoms with Gasteiger partial charge in [-0.2, -0.15) is 0 Å². The molecule has 0 aliphatic carbocycles. The van der Waals surface area contributed by atoms with E-state index < -0.39 is 0 Å². The van der Waals surface area contributed by atoms with Crippen molar-refractivity contribution < 1.29 is 9.59 Å². The number of hydrogen-bond donors (Lipinski definition) is 2. The van der Waals surface area contributed by atoms with Crippen LogP contribution in [0.3, 0.4) is 0 Å². The average Bonchev–Trinajstić information content (AvgIpc) is 3.66. The molecule has 10 heteroatoms. The fraction of sp³-hybridized carbons (Fsp3) is 0.355. The second-order valence-electron chi connectivity index (χ2n) is 11.1. The average molecular weight is 572 g/mol. The summed E-state index contributed by atoms with van der Waals surface area (Å²) < 4.78 is 1.94. The number of likely N-dealkylation sites (N-methyl/N-ethyl adjacent to an activating group) is 1. The smallest absolute Gasteiger partial charge is 0.256 e. The van der Waals surface area contributed by atoms with Crippen molar-refractivity contribution in [3.8, 4) is 10.6 Å². The summed E-state index contributed by atoms with van der Waals surface area (Å²) in [4.78, 5) is 40.3. The summed E-state index contributed by atoms with van der Waals surface area (Å²) in [6, 6.07) is 7.67. The molecule has 4 aromatic rings. The standard InChI is InChI=1S/C31H37N7O2S/c1-19(2)23-11-10-22(16-20(23)3)34-31(40)21-17-25(41-18-21)27-28-29(32)33-12-15-38(28)30(35-27)24-8-6-14-37(24)26(39)9-7-13-36(4)5/h7,9-12,15-19,24H,6,8,13-14H2,1-5H3,(H2,32,33)(H,34,40)/b9-7+/t24-/m0/s1. The number of aromatic nitrogens is 3. The van der Waals surface area contributed by atoms with Gasteiger partial charge in [-0.25, -0.2) is 9.97 Å². The molecule has 0 spiro atoms. The lowest BCUT2D eigenvalue weighted by Crippen LogP contribution is -2.30. The van der Waals surface area contributed by atoms with Gasteiger partial charge >= 0.3 is 0 Å². The summed E-state index contributed by atoms with van der Waals surface area (Å²) >= 11 is 1.43. The van der Waals surface area contributed by atoms with Crippen molar-refractivity contribution in [3.63, 3.8) is 0 Å². The molecule has 0 radical (unpaired) electrons. The largest absolute Gasteiger partial charge is 0.382 e. The summed E-state index contributed by atoms with van der Waals surface area (Å²) in [5.41, 5.74) is 11.4. The van der Waals surface area contributed by atoms with E-state index in [-0.39, 0.29) is 17.9 Å².